The predicted octanol–water partition coefficient (Wildman–Crippen LogP) is 6.59. The molecule has 0 aliphatic heterocycles. The number of carbonyl (C=O) groups is 1. The standard InChI is InChI=1S/C25H24BrClN2O4/c1-4-32-20-9-7-18(8-10-20)28-14-17-11-21(26)25(23(12-17)31-3)33-15-24(30)29-19-6-5-16(2)22(27)13-19/h5-14H,4,15H2,1-3H3,(H,29,30). The normalized spacial score (nSPS) is 10.8. The maximum absolute atomic E-state index is 12.3. The summed E-state index contributed by atoms with van der Waals surface area (Å²) in [5.74, 6) is 1.39. The summed E-state index contributed by atoms with van der Waals surface area (Å²) in [6.45, 7) is 4.26. The molecule has 0 bridgehead atoms. The molecule has 0 saturated heterocycles. The zero-order valence-electron chi connectivity index (χ0n) is 18.5. The summed E-state index contributed by atoms with van der Waals surface area (Å²) in [5.41, 5.74) is 3.14. The Labute approximate surface area is 206 Å². The number of rotatable bonds is 9. The van der Waals surface area contributed by atoms with Gasteiger partial charge in [0.15, 0.2) is 18.1 Å². The minimum Gasteiger partial charge on any atom is -0.494 e. The fourth-order valence-corrected chi connectivity index (χ4v) is 3.66. The Morgan fingerprint density at radius 3 is 2.55 bits per heavy atom. The lowest BCUT2D eigenvalue weighted by Gasteiger charge is -2.13. The predicted molar refractivity (Wildman–Crippen MR) is 136 cm³/mol. The van der Waals surface area contributed by atoms with E-state index in [4.69, 9.17) is 25.8 Å². The van der Waals surface area contributed by atoms with Crippen LogP contribution < -0.4 is 19.5 Å². The molecule has 1 amide bonds. The lowest BCUT2D eigenvalue weighted by molar-refractivity contribution is -0.118. The highest BCUT2D eigenvalue weighted by molar-refractivity contribution is 9.10. The van der Waals surface area contributed by atoms with Crippen molar-refractivity contribution in [2.75, 3.05) is 25.6 Å². The Balaban J connectivity index is 1.66. The molecule has 0 fully saturated rings. The van der Waals surface area contributed by atoms with Gasteiger partial charge in [-0.05, 0) is 89.4 Å². The maximum atomic E-state index is 12.3. The van der Waals surface area contributed by atoms with E-state index in [9.17, 15) is 4.79 Å². The van der Waals surface area contributed by atoms with Gasteiger partial charge in [-0.1, -0.05) is 17.7 Å². The first-order valence-corrected chi connectivity index (χ1v) is 11.4. The van der Waals surface area contributed by atoms with E-state index in [0.717, 1.165) is 22.6 Å². The van der Waals surface area contributed by atoms with Crippen LogP contribution in [0.1, 0.15) is 18.1 Å². The average molecular weight is 532 g/mol. The molecule has 33 heavy (non-hydrogen) atoms. The number of nitrogens with zero attached hydrogens (tertiary/aromatic N) is 1. The van der Waals surface area contributed by atoms with Crippen molar-refractivity contribution in [3.63, 3.8) is 0 Å². The zero-order valence-corrected chi connectivity index (χ0v) is 20.9. The van der Waals surface area contributed by atoms with Crippen molar-refractivity contribution in [3.05, 3.63) is 75.2 Å². The van der Waals surface area contributed by atoms with E-state index in [-0.39, 0.29) is 12.5 Å². The van der Waals surface area contributed by atoms with Crippen molar-refractivity contribution in [2.45, 2.75) is 13.8 Å². The fraction of sp³-hybridized carbons (Fsp3) is 0.200. The van der Waals surface area contributed by atoms with E-state index in [0.29, 0.717) is 33.3 Å². The molecule has 6 nitrogen and oxygen atoms in total. The van der Waals surface area contributed by atoms with Crippen LogP contribution in [0.4, 0.5) is 11.4 Å². The number of nitrogens with one attached hydrogen (secondary N) is 1. The smallest absolute Gasteiger partial charge is 0.262 e. The molecule has 0 heterocycles. The molecule has 3 aromatic carbocycles. The van der Waals surface area contributed by atoms with Crippen LogP contribution >= 0.6 is 27.5 Å². The summed E-state index contributed by atoms with van der Waals surface area (Å²) in [4.78, 5) is 16.8. The molecular formula is C25H24BrClN2O4. The van der Waals surface area contributed by atoms with E-state index in [2.05, 4.69) is 26.2 Å². The number of hydrogen-bond donors (Lipinski definition) is 1. The molecule has 0 aliphatic carbocycles. The Morgan fingerprint density at radius 2 is 1.88 bits per heavy atom. The van der Waals surface area contributed by atoms with Crippen LogP contribution in [0, 0.1) is 6.92 Å². The number of halogens is 2. The van der Waals surface area contributed by atoms with Crippen LogP contribution in [-0.4, -0.2) is 32.4 Å². The molecule has 172 valence electrons. The van der Waals surface area contributed by atoms with E-state index < -0.39 is 0 Å². The van der Waals surface area contributed by atoms with E-state index >= 15 is 0 Å². The van der Waals surface area contributed by atoms with Crippen molar-refractivity contribution in [1.82, 2.24) is 0 Å². The van der Waals surface area contributed by atoms with Crippen LogP contribution in [0.2, 0.25) is 5.02 Å². The molecule has 0 spiro atoms. The van der Waals surface area contributed by atoms with Gasteiger partial charge in [-0.25, -0.2) is 0 Å². The van der Waals surface area contributed by atoms with E-state index in [1.165, 1.54) is 7.11 Å². The number of ether oxygens (including phenoxy) is 3. The molecule has 0 aromatic heterocycles. The number of aryl methyl sites for hydroxylation is 1. The Morgan fingerprint density at radius 1 is 1.12 bits per heavy atom. The van der Waals surface area contributed by atoms with Gasteiger partial charge in [0.25, 0.3) is 5.91 Å². The van der Waals surface area contributed by atoms with Crippen molar-refractivity contribution < 1.29 is 19.0 Å². The largest absolute Gasteiger partial charge is 0.494 e. The highest BCUT2D eigenvalue weighted by atomic mass is 79.9. The van der Waals surface area contributed by atoms with Crippen LogP contribution in [0.3, 0.4) is 0 Å². The summed E-state index contributed by atoms with van der Waals surface area (Å²) < 4.78 is 17.3. The third-order valence-electron chi connectivity index (χ3n) is 4.57. The van der Waals surface area contributed by atoms with Crippen LogP contribution in [0.25, 0.3) is 0 Å². The minimum absolute atomic E-state index is 0.194. The second kappa shape index (κ2) is 11.7. The van der Waals surface area contributed by atoms with Crippen LogP contribution in [-0.2, 0) is 4.79 Å². The third kappa shape index (κ3) is 6.97. The first kappa shape index (κ1) is 24.6. The summed E-state index contributed by atoms with van der Waals surface area (Å²) in [6.07, 6.45) is 1.72. The molecule has 8 heteroatoms. The quantitative estimate of drug-likeness (QED) is 0.316. The number of amides is 1. The topological polar surface area (TPSA) is 69.2 Å². The van der Waals surface area contributed by atoms with Crippen LogP contribution in [0.5, 0.6) is 17.2 Å². The molecule has 0 aliphatic rings. The lowest BCUT2D eigenvalue weighted by Crippen LogP contribution is -2.20. The highest BCUT2D eigenvalue weighted by Crippen LogP contribution is 2.36. The number of anilines is 1. The summed E-state index contributed by atoms with van der Waals surface area (Å²) in [7, 11) is 1.54. The van der Waals surface area contributed by atoms with Gasteiger partial charge in [-0.3, -0.25) is 9.79 Å². The number of methoxy groups -OCH3 is 1. The van der Waals surface area contributed by atoms with Crippen molar-refractivity contribution in [2.24, 2.45) is 4.99 Å². The van der Waals surface area contributed by atoms with E-state index in [1.54, 1.807) is 24.4 Å². The SMILES string of the molecule is CCOc1ccc(N=Cc2cc(Br)c(OCC(=O)Nc3ccc(C)c(Cl)c3)c(OC)c2)cc1. The average Bonchev–Trinajstić information content (AvgIpc) is 2.80. The van der Waals surface area contributed by atoms with Crippen molar-refractivity contribution >= 4 is 51.0 Å². The zero-order chi connectivity index (χ0) is 23.8. The van der Waals surface area contributed by atoms with Crippen molar-refractivity contribution in [1.29, 1.82) is 0 Å². The maximum Gasteiger partial charge on any atom is 0.262 e. The minimum atomic E-state index is -0.315. The van der Waals surface area contributed by atoms with Gasteiger partial charge in [0.1, 0.15) is 5.75 Å². The highest BCUT2D eigenvalue weighted by Gasteiger charge is 2.14. The molecule has 3 aromatic rings. The van der Waals surface area contributed by atoms with Crippen LogP contribution in [0.15, 0.2) is 64.1 Å². The number of hydrogen-bond acceptors (Lipinski definition) is 5. The lowest BCUT2D eigenvalue weighted by atomic mass is 10.2. The van der Waals surface area contributed by atoms with Gasteiger partial charge in [-0.2, -0.15) is 0 Å². The molecule has 0 radical (unpaired) electrons. The second-order valence-corrected chi connectivity index (χ2v) is 8.28. The molecular weight excluding hydrogens is 508 g/mol. The summed E-state index contributed by atoms with van der Waals surface area (Å²) >= 11 is 9.60. The Bertz CT molecular complexity index is 1150. The Kier molecular flexibility index (Phi) is 8.74. The van der Waals surface area contributed by atoms with Gasteiger partial charge in [0.2, 0.25) is 0 Å². The monoisotopic (exact) mass is 530 g/mol. The van der Waals surface area contributed by atoms with Gasteiger partial charge >= 0.3 is 0 Å². The molecule has 0 atom stereocenters. The van der Waals surface area contributed by atoms with Gasteiger partial charge in [-0.15, -0.1) is 0 Å². The third-order valence-corrected chi connectivity index (χ3v) is 5.56. The molecule has 0 saturated carbocycles. The van der Waals surface area contributed by atoms with Crippen molar-refractivity contribution in [3.8, 4) is 17.2 Å². The summed E-state index contributed by atoms with van der Waals surface area (Å²) in [6, 6.07) is 16.5. The number of benzene rings is 3. The molecule has 0 unspecified atom stereocenters. The number of aliphatic imine (C=N–C) groups is 1. The second-order valence-electron chi connectivity index (χ2n) is 7.02. The fourth-order valence-electron chi connectivity index (χ4n) is 2.90. The van der Waals surface area contributed by atoms with Gasteiger partial charge in [0.05, 0.1) is 23.9 Å². The number of carbonyl (C=O) groups excluding carboxylic acids is 1. The van der Waals surface area contributed by atoms with Gasteiger partial charge in [0, 0.05) is 16.9 Å². The van der Waals surface area contributed by atoms with E-state index in [1.807, 2.05) is 50.2 Å². The Hall–Kier alpha value is -3.03. The van der Waals surface area contributed by atoms with Gasteiger partial charge < -0.3 is 19.5 Å². The first-order chi connectivity index (χ1) is 15.9. The molecule has 1 N–H and O–H groups in total. The summed E-state index contributed by atoms with van der Waals surface area (Å²) in [5, 5.41) is 3.35. The first-order valence-electron chi connectivity index (χ1n) is 10.2. The molecule has 3 rings (SSSR count).